The van der Waals surface area contributed by atoms with Gasteiger partial charge in [0, 0.05) is 17.8 Å². The second kappa shape index (κ2) is 8.35. The maximum absolute atomic E-state index is 14.5. The highest BCUT2D eigenvalue weighted by molar-refractivity contribution is 5.47. The quantitative estimate of drug-likeness (QED) is 0.627. The minimum Gasteiger partial charge on any atom is -0.383 e. The van der Waals surface area contributed by atoms with Gasteiger partial charge in [0.15, 0.2) is 0 Å². The Morgan fingerprint density at radius 3 is 2.68 bits per heavy atom. The van der Waals surface area contributed by atoms with Crippen LogP contribution in [0.5, 0.6) is 0 Å². The number of hydrogen-bond donors (Lipinski definition) is 1. The van der Waals surface area contributed by atoms with Crippen LogP contribution < -0.4 is 0 Å². The number of halogens is 3. The highest BCUT2D eigenvalue weighted by Crippen LogP contribution is 2.35. The number of pyridine rings is 1. The summed E-state index contributed by atoms with van der Waals surface area (Å²) in [7, 11) is 0. The van der Waals surface area contributed by atoms with Crippen LogP contribution in [0.3, 0.4) is 0 Å². The van der Waals surface area contributed by atoms with Gasteiger partial charge in [0.25, 0.3) is 0 Å². The predicted molar refractivity (Wildman–Crippen MR) is 97.3 cm³/mol. The van der Waals surface area contributed by atoms with E-state index in [0.29, 0.717) is 12.0 Å². The highest BCUT2D eigenvalue weighted by Gasteiger charge is 2.38. The van der Waals surface area contributed by atoms with Gasteiger partial charge in [-0.25, -0.2) is 23.4 Å². The molecular weight excluding hydrogens is 369 g/mol. The molecule has 1 N–H and O–H groups in total. The molecule has 0 fully saturated rings. The van der Waals surface area contributed by atoms with Crippen molar-refractivity contribution in [3.05, 3.63) is 84.0 Å². The van der Waals surface area contributed by atoms with Gasteiger partial charge in [-0.2, -0.15) is 9.49 Å². The topological polar surface area (TPSA) is 63.8 Å². The first kappa shape index (κ1) is 19.8. The molecule has 0 amide bonds. The lowest BCUT2D eigenvalue weighted by molar-refractivity contribution is -0.0379. The molecule has 0 aliphatic rings. The third-order valence-electron chi connectivity index (χ3n) is 4.63. The predicted octanol–water partition coefficient (Wildman–Crippen LogP) is 3.72. The average molecular weight is 388 g/mol. The smallest absolute Gasteiger partial charge is 0.212 e. The van der Waals surface area contributed by atoms with E-state index in [1.807, 2.05) is 0 Å². The molecule has 0 radical (unpaired) electrons. The summed E-state index contributed by atoms with van der Waals surface area (Å²) in [6.45, 7) is 1.70. The molecule has 0 aliphatic heterocycles. The van der Waals surface area contributed by atoms with Crippen LogP contribution in [0, 0.1) is 23.5 Å². The number of allylic oxidation sites excluding steroid dienone is 1. The largest absolute Gasteiger partial charge is 0.383 e. The molecule has 0 spiro atoms. The summed E-state index contributed by atoms with van der Waals surface area (Å²) < 4.78 is 42.1. The molecule has 0 saturated carbocycles. The van der Waals surface area contributed by atoms with E-state index in [0.717, 1.165) is 12.1 Å². The fourth-order valence-electron chi connectivity index (χ4n) is 3.00. The number of nitrogens with zero attached hydrogens (tertiary/aromatic N) is 4. The molecule has 1 aromatic carbocycles. The van der Waals surface area contributed by atoms with Gasteiger partial charge >= 0.3 is 0 Å². The first-order chi connectivity index (χ1) is 13.4. The molecular formula is C20H19F3N4O. The molecule has 8 heteroatoms. The highest BCUT2D eigenvalue weighted by atomic mass is 19.1. The molecule has 0 saturated heterocycles. The zero-order valence-corrected chi connectivity index (χ0v) is 15.1. The van der Waals surface area contributed by atoms with E-state index < -0.39 is 29.1 Å². The molecule has 0 bridgehead atoms. The van der Waals surface area contributed by atoms with Crippen molar-refractivity contribution in [3.8, 4) is 0 Å². The van der Waals surface area contributed by atoms with Crippen LogP contribution in [0.15, 0.2) is 55.3 Å². The molecule has 2 heterocycles. The van der Waals surface area contributed by atoms with Crippen molar-refractivity contribution in [1.29, 1.82) is 0 Å². The Balaban J connectivity index is 1.86. The van der Waals surface area contributed by atoms with Gasteiger partial charge in [-0.15, -0.1) is 0 Å². The van der Waals surface area contributed by atoms with Crippen LogP contribution in [-0.2, 0) is 12.1 Å². The van der Waals surface area contributed by atoms with E-state index in [1.54, 1.807) is 25.1 Å². The zero-order chi connectivity index (χ0) is 20.1. The number of benzene rings is 1. The van der Waals surface area contributed by atoms with Gasteiger partial charge in [-0.3, -0.25) is 0 Å². The Labute approximate surface area is 160 Å². The SMILES string of the molecule is C[C@@H](C/C=C/c1ccc(F)nc1)[C@](O)(Cn1cncn1)c1ccc(F)cc1F. The van der Waals surface area contributed by atoms with Crippen molar-refractivity contribution in [2.75, 3.05) is 0 Å². The molecule has 0 aliphatic carbocycles. The standard InChI is InChI=1S/C20H19F3N4O/c1-14(3-2-4-15-5-8-19(23)25-10-15)20(28,11-27-13-24-12-26-27)17-7-6-16(21)9-18(17)22/h2,4-10,12-14,28H,3,11H2,1H3/b4-2+/t14-,20+/m0/s1. The summed E-state index contributed by atoms with van der Waals surface area (Å²) >= 11 is 0. The summed E-state index contributed by atoms with van der Waals surface area (Å²) in [6, 6.07) is 5.92. The van der Waals surface area contributed by atoms with Crippen LogP contribution in [0.1, 0.15) is 24.5 Å². The van der Waals surface area contributed by atoms with Crippen LogP contribution in [0.2, 0.25) is 0 Å². The van der Waals surface area contributed by atoms with Gasteiger partial charge < -0.3 is 5.11 Å². The van der Waals surface area contributed by atoms with E-state index in [1.165, 1.54) is 35.7 Å². The number of aliphatic hydroxyl groups is 1. The van der Waals surface area contributed by atoms with Gasteiger partial charge in [-0.1, -0.05) is 25.1 Å². The molecule has 2 atom stereocenters. The van der Waals surface area contributed by atoms with Crippen molar-refractivity contribution in [2.45, 2.75) is 25.5 Å². The van der Waals surface area contributed by atoms with Crippen LogP contribution in [0.25, 0.3) is 6.08 Å². The van der Waals surface area contributed by atoms with E-state index in [2.05, 4.69) is 15.1 Å². The number of hydrogen-bond acceptors (Lipinski definition) is 4. The van der Waals surface area contributed by atoms with E-state index >= 15 is 0 Å². The molecule has 146 valence electrons. The first-order valence-corrected chi connectivity index (χ1v) is 8.67. The molecule has 28 heavy (non-hydrogen) atoms. The summed E-state index contributed by atoms with van der Waals surface area (Å²) in [5, 5.41) is 15.4. The average Bonchev–Trinajstić information content (AvgIpc) is 3.15. The van der Waals surface area contributed by atoms with Crippen molar-refractivity contribution in [3.63, 3.8) is 0 Å². The van der Waals surface area contributed by atoms with Gasteiger partial charge in [0.1, 0.15) is 29.9 Å². The Hall–Kier alpha value is -3.00. The van der Waals surface area contributed by atoms with E-state index in [9.17, 15) is 18.3 Å². The third kappa shape index (κ3) is 4.45. The van der Waals surface area contributed by atoms with Crippen LogP contribution >= 0.6 is 0 Å². The van der Waals surface area contributed by atoms with Crippen molar-refractivity contribution in [1.82, 2.24) is 19.7 Å². The molecule has 0 unspecified atom stereocenters. The Kier molecular flexibility index (Phi) is 5.89. The summed E-state index contributed by atoms with van der Waals surface area (Å²) in [4.78, 5) is 7.41. The maximum Gasteiger partial charge on any atom is 0.212 e. The Bertz CT molecular complexity index is 945. The first-order valence-electron chi connectivity index (χ1n) is 8.67. The van der Waals surface area contributed by atoms with Crippen molar-refractivity contribution < 1.29 is 18.3 Å². The number of rotatable bonds is 7. The molecule has 2 aromatic heterocycles. The fraction of sp³-hybridized carbons (Fsp3) is 0.250. The second-order valence-corrected chi connectivity index (χ2v) is 6.59. The van der Waals surface area contributed by atoms with Crippen molar-refractivity contribution in [2.24, 2.45) is 5.92 Å². The minimum atomic E-state index is -1.66. The van der Waals surface area contributed by atoms with Gasteiger partial charge in [0.05, 0.1) is 6.54 Å². The van der Waals surface area contributed by atoms with Crippen LogP contribution in [-0.4, -0.2) is 24.9 Å². The molecule has 3 aromatic rings. The normalized spacial score (nSPS) is 14.9. The molecule has 3 rings (SSSR count). The minimum absolute atomic E-state index is 0.0197. The number of aromatic nitrogens is 4. The Morgan fingerprint density at radius 1 is 1.21 bits per heavy atom. The van der Waals surface area contributed by atoms with Crippen LogP contribution in [0.4, 0.5) is 13.2 Å². The summed E-state index contributed by atoms with van der Waals surface area (Å²) in [6.07, 6.45) is 8.01. The Morgan fingerprint density at radius 2 is 2.04 bits per heavy atom. The zero-order valence-electron chi connectivity index (χ0n) is 15.1. The molecule has 5 nitrogen and oxygen atoms in total. The lowest BCUT2D eigenvalue weighted by Gasteiger charge is -2.34. The lowest BCUT2D eigenvalue weighted by atomic mass is 9.80. The second-order valence-electron chi connectivity index (χ2n) is 6.59. The van der Waals surface area contributed by atoms with Gasteiger partial charge in [-0.05, 0) is 36.1 Å². The third-order valence-corrected chi connectivity index (χ3v) is 4.63. The van der Waals surface area contributed by atoms with Crippen molar-refractivity contribution >= 4 is 6.08 Å². The lowest BCUT2D eigenvalue weighted by Crippen LogP contribution is -2.39. The maximum atomic E-state index is 14.5. The summed E-state index contributed by atoms with van der Waals surface area (Å²) in [5.41, 5.74) is -0.980. The monoisotopic (exact) mass is 388 g/mol. The van der Waals surface area contributed by atoms with Gasteiger partial charge in [0.2, 0.25) is 5.95 Å². The summed E-state index contributed by atoms with van der Waals surface area (Å²) in [5.74, 6) is -2.58. The fourth-order valence-corrected chi connectivity index (χ4v) is 3.00. The van der Waals surface area contributed by atoms with E-state index in [4.69, 9.17) is 0 Å². The van der Waals surface area contributed by atoms with E-state index in [-0.39, 0.29) is 12.1 Å².